The van der Waals surface area contributed by atoms with Crippen LogP contribution in [0.4, 0.5) is 0 Å². The first-order valence-electron chi connectivity index (χ1n) is 4.47. The van der Waals surface area contributed by atoms with Gasteiger partial charge in [-0.25, -0.2) is 4.79 Å². The molecule has 0 radical (unpaired) electrons. The van der Waals surface area contributed by atoms with E-state index in [4.69, 9.17) is 10.4 Å². The number of aliphatic carboxylic acids is 1. The highest BCUT2D eigenvalue weighted by Crippen LogP contribution is 2.26. The lowest BCUT2D eigenvalue weighted by Gasteiger charge is -2.19. The number of rotatable bonds is 1. The van der Waals surface area contributed by atoms with E-state index >= 15 is 0 Å². The summed E-state index contributed by atoms with van der Waals surface area (Å²) < 4.78 is 0. The van der Waals surface area contributed by atoms with Crippen molar-refractivity contribution in [1.29, 1.82) is 5.26 Å². The SMILES string of the molecule is CN1N=C2C=C(C#N)C=CC2C1C(=O)O. The lowest BCUT2D eigenvalue weighted by Crippen LogP contribution is -2.37. The fourth-order valence-electron chi connectivity index (χ4n) is 1.83. The molecule has 1 aliphatic carbocycles. The number of likely N-dealkylation sites (N-methyl/N-ethyl adjacent to an activating group) is 1. The van der Waals surface area contributed by atoms with E-state index in [1.54, 1.807) is 25.3 Å². The molecule has 0 aromatic carbocycles. The third-order valence-electron chi connectivity index (χ3n) is 2.53. The largest absolute Gasteiger partial charge is 0.480 e. The normalized spacial score (nSPS) is 27.9. The van der Waals surface area contributed by atoms with Gasteiger partial charge in [-0.1, -0.05) is 6.08 Å². The molecule has 5 heteroatoms. The Morgan fingerprint density at radius 1 is 1.73 bits per heavy atom. The molecule has 1 N–H and O–H groups in total. The molecule has 0 saturated heterocycles. The minimum Gasteiger partial charge on any atom is -0.480 e. The van der Waals surface area contributed by atoms with Gasteiger partial charge in [-0.2, -0.15) is 10.4 Å². The van der Waals surface area contributed by atoms with Crippen LogP contribution >= 0.6 is 0 Å². The second kappa shape index (κ2) is 3.24. The molecule has 0 amide bonds. The highest BCUT2D eigenvalue weighted by atomic mass is 16.4. The van der Waals surface area contributed by atoms with E-state index in [0.29, 0.717) is 11.3 Å². The third-order valence-corrected chi connectivity index (χ3v) is 2.53. The van der Waals surface area contributed by atoms with Crippen LogP contribution in [0.15, 0.2) is 28.9 Å². The van der Waals surface area contributed by atoms with Crippen molar-refractivity contribution in [1.82, 2.24) is 5.01 Å². The molecule has 2 aliphatic rings. The summed E-state index contributed by atoms with van der Waals surface area (Å²) >= 11 is 0. The van der Waals surface area contributed by atoms with E-state index in [1.807, 2.05) is 6.07 Å². The Hall–Kier alpha value is -2.09. The first-order valence-corrected chi connectivity index (χ1v) is 4.47. The number of nitriles is 1. The van der Waals surface area contributed by atoms with Gasteiger partial charge in [-0.3, -0.25) is 5.01 Å². The first-order chi connectivity index (χ1) is 7.13. The molecule has 15 heavy (non-hydrogen) atoms. The zero-order valence-electron chi connectivity index (χ0n) is 8.08. The van der Waals surface area contributed by atoms with E-state index in [1.165, 1.54) is 5.01 Å². The smallest absolute Gasteiger partial charge is 0.329 e. The molecule has 1 heterocycles. The Kier molecular flexibility index (Phi) is 2.05. The Morgan fingerprint density at radius 2 is 2.47 bits per heavy atom. The number of carbonyl (C=O) groups is 1. The van der Waals surface area contributed by atoms with Crippen LogP contribution in [-0.4, -0.2) is 34.9 Å². The van der Waals surface area contributed by atoms with E-state index in [0.717, 1.165) is 0 Å². The minimum atomic E-state index is -0.903. The van der Waals surface area contributed by atoms with Gasteiger partial charge in [0, 0.05) is 7.05 Å². The molecule has 76 valence electrons. The number of carboxylic acids is 1. The van der Waals surface area contributed by atoms with Gasteiger partial charge in [0.15, 0.2) is 6.04 Å². The second-order valence-corrected chi connectivity index (χ2v) is 3.48. The summed E-state index contributed by atoms with van der Waals surface area (Å²) in [6.45, 7) is 0. The Labute approximate surface area is 86.6 Å². The van der Waals surface area contributed by atoms with Crippen LogP contribution in [0.2, 0.25) is 0 Å². The lowest BCUT2D eigenvalue weighted by atomic mass is 9.90. The number of hydrogen-bond donors (Lipinski definition) is 1. The molecule has 0 bridgehead atoms. The maximum atomic E-state index is 11.0. The second-order valence-electron chi connectivity index (χ2n) is 3.48. The van der Waals surface area contributed by atoms with Crippen molar-refractivity contribution >= 4 is 11.7 Å². The molecule has 2 rings (SSSR count). The van der Waals surface area contributed by atoms with Crippen LogP contribution < -0.4 is 0 Å². The van der Waals surface area contributed by atoms with E-state index in [9.17, 15) is 4.79 Å². The van der Waals surface area contributed by atoms with Gasteiger partial charge in [0.25, 0.3) is 0 Å². The number of hydrogen-bond acceptors (Lipinski definition) is 4. The van der Waals surface area contributed by atoms with Crippen LogP contribution in [0.1, 0.15) is 0 Å². The summed E-state index contributed by atoms with van der Waals surface area (Å²) in [4.78, 5) is 11.0. The predicted octanol–water partition coefficient (Wildman–Crippen LogP) is 0.377. The van der Waals surface area contributed by atoms with Crippen molar-refractivity contribution in [2.75, 3.05) is 7.05 Å². The standard InChI is InChI=1S/C10H9N3O2/c1-13-9(10(14)15)7-3-2-6(5-11)4-8(7)12-13/h2-4,7,9H,1H3,(H,14,15). The van der Waals surface area contributed by atoms with Gasteiger partial charge >= 0.3 is 5.97 Å². The third kappa shape index (κ3) is 1.40. The van der Waals surface area contributed by atoms with Crippen molar-refractivity contribution in [3.63, 3.8) is 0 Å². The molecule has 2 unspecified atom stereocenters. The Morgan fingerprint density at radius 3 is 3.07 bits per heavy atom. The fraction of sp³-hybridized carbons (Fsp3) is 0.300. The van der Waals surface area contributed by atoms with Crippen LogP contribution in [0, 0.1) is 17.2 Å². The molecule has 1 aliphatic heterocycles. The summed E-state index contributed by atoms with van der Waals surface area (Å²) in [5.41, 5.74) is 1.15. The van der Waals surface area contributed by atoms with Crippen LogP contribution in [0.5, 0.6) is 0 Å². The van der Waals surface area contributed by atoms with Crippen molar-refractivity contribution in [3.8, 4) is 6.07 Å². The minimum absolute atomic E-state index is 0.246. The van der Waals surface area contributed by atoms with E-state index in [-0.39, 0.29) is 5.92 Å². The molecule has 0 fully saturated rings. The van der Waals surface area contributed by atoms with Gasteiger partial charge in [-0.05, 0) is 12.2 Å². The van der Waals surface area contributed by atoms with Crippen LogP contribution in [-0.2, 0) is 4.79 Å². The van der Waals surface area contributed by atoms with Crippen LogP contribution in [0.25, 0.3) is 0 Å². The summed E-state index contributed by atoms with van der Waals surface area (Å²) in [6, 6.07) is 1.34. The zero-order chi connectivity index (χ0) is 11.0. The monoisotopic (exact) mass is 203 g/mol. The Bertz CT molecular complexity index is 442. The molecule has 5 nitrogen and oxygen atoms in total. The number of allylic oxidation sites excluding steroid dienone is 3. The number of nitrogens with zero attached hydrogens (tertiary/aromatic N) is 3. The Balaban J connectivity index is 2.35. The average molecular weight is 203 g/mol. The summed E-state index contributed by atoms with van der Waals surface area (Å²) in [7, 11) is 1.62. The summed E-state index contributed by atoms with van der Waals surface area (Å²) in [6.07, 6.45) is 4.99. The van der Waals surface area contributed by atoms with Gasteiger partial charge < -0.3 is 5.11 Å². The van der Waals surface area contributed by atoms with Gasteiger partial charge in [0.2, 0.25) is 0 Å². The molecule has 0 aromatic heterocycles. The maximum Gasteiger partial charge on any atom is 0.329 e. The average Bonchev–Trinajstić information content (AvgIpc) is 2.52. The highest BCUT2D eigenvalue weighted by molar-refractivity contribution is 6.04. The molecule has 0 saturated carbocycles. The van der Waals surface area contributed by atoms with Crippen LogP contribution in [0.3, 0.4) is 0 Å². The van der Waals surface area contributed by atoms with Crippen molar-refractivity contribution in [3.05, 3.63) is 23.8 Å². The van der Waals surface area contributed by atoms with E-state index in [2.05, 4.69) is 5.10 Å². The molecular weight excluding hydrogens is 194 g/mol. The number of carboxylic acid groups (broad SMARTS) is 1. The summed E-state index contributed by atoms with van der Waals surface area (Å²) in [5.74, 6) is -1.15. The molecule has 2 atom stereocenters. The maximum absolute atomic E-state index is 11.0. The zero-order valence-corrected chi connectivity index (χ0v) is 8.08. The van der Waals surface area contributed by atoms with Gasteiger partial charge in [-0.15, -0.1) is 0 Å². The fourth-order valence-corrected chi connectivity index (χ4v) is 1.83. The quantitative estimate of drug-likeness (QED) is 0.668. The summed E-state index contributed by atoms with van der Waals surface area (Å²) in [5, 5.41) is 23.2. The number of fused-ring (bicyclic) bond motifs is 1. The van der Waals surface area contributed by atoms with Crippen molar-refractivity contribution < 1.29 is 9.90 Å². The molecule has 0 spiro atoms. The van der Waals surface area contributed by atoms with Crippen molar-refractivity contribution in [2.24, 2.45) is 11.0 Å². The van der Waals surface area contributed by atoms with E-state index < -0.39 is 12.0 Å². The van der Waals surface area contributed by atoms with Gasteiger partial charge in [0.1, 0.15) is 0 Å². The first kappa shape index (κ1) is 9.46. The predicted molar refractivity (Wildman–Crippen MR) is 52.9 cm³/mol. The topological polar surface area (TPSA) is 76.7 Å². The van der Waals surface area contributed by atoms with Crippen molar-refractivity contribution in [2.45, 2.75) is 6.04 Å². The highest BCUT2D eigenvalue weighted by Gasteiger charge is 2.39. The molecule has 0 aromatic rings. The molecular formula is C10H9N3O2. The van der Waals surface area contributed by atoms with Gasteiger partial charge in [0.05, 0.1) is 23.3 Å². The lowest BCUT2D eigenvalue weighted by molar-refractivity contribution is -0.142. The number of hydrazone groups is 1.